The molecule has 4 saturated carbocycles. The SMILES string of the molecule is Cc1ccc(C(=O)N2CCCC(C(=O)N3CCN(C(=O)C45CC6CC(CC(C6)C4)C5)CC3)C2)cc1. The van der Waals surface area contributed by atoms with Gasteiger partial charge < -0.3 is 14.7 Å². The van der Waals surface area contributed by atoms with E-state index in [4.69, 9.17) is 0 Å². The average Bonchev–Trinajstić information content (AvgIpc) is 2.87. The van der Waals surface area contributed by atoms with Gasteiger partial charge in [0.15, 0.2) is 0 Å². The van der Waals surface area contributed by atoms with Crippen LogP contribution in [0.4, 0.5) is 0 Å². The van der Waals surface area contributed by atoms with Gasteiger partial charge in [-0.25, -0.2) is 0 Å². The topological polar surface area (TPSA) is 60.9 Å². The lowest BCUT2D eigenvalue weighted by Gasteiger charge is -2.57. The molecule has 4 aliphatic carbocycles. The van der Waals surface area contributed by atoms with Crippen LogP contribution in [0, 0.1) is 36.0 Å². The van der Waals surface area contributed by atoms with Crippen LogP contribution < -0.4 is 0 Å². The molecule has 1 atom stereocenters. The smallest absolute Gasteiger partial charge is 0.253 e. The van der Waals surface area contributed by atoms with E-state index in [0.29, 0.717) is 50.7 Å². The summed E-state index contributed by atoms with van der Waals surface area (Å²) in [7, 11) is 0. The predicted molar refractivity (Wildman–Crippen MR) is 134 cm³/mol. The van der Waals surface area contributed by atoms with Crippen molar-refractivity contribution >= 4 is 17.7 Å². The van der Waals surface area contributed by atoms with Crippen molar-refractivity contribution in [3.63, 3.8) is 0 Å². The van der Waals surface area contributed by atoms with Gasteiger partial charge in [-0.2, -0.15) is 0 Å². The van der Waals surface area contributed by atoms with E-state index in [1.54, 1.807) is 0 Å². The van der Waals surface area contributed by atoms with E-state index in [1.165, 1.54) is 19.3 Å². The Labute approximate surface area is 209 Å². The Morgan fingerprint density at radius 3 is 1.94 bits per heavy atom. The van der Waals surface area contributed by atoms with Crippen molar-refractivity contribution < 1.29 is 14.4 Å². The van der Waals surface area contributed by atoms with E-state index < -0.39 is 0 Å². The third kappa shape index (κ3) is 4.27. The van der Waals surface area contributed by atoms with Crippen LogP contribution in [0.25, 0.3) is 0 Å². The number of hydrogen-bond acceptors (Lipinski definition) is 3. The highest BCUT2D eigenvalue weighted by molar-refractivity contribution is 5.94. The predicted octanol–water partition coefficient (Wildman–Crippen LogP) is 3.73. The molecule has 0 radical (unpaired) electrons. The second kappa shape index (κ2) is 8.94. The minimum Gasteiger partial charge on any atom is -0.339 e. The zero-order valence-electron chi connectivity index (χ0n) is 21.1. The molecule has 1 aromatic carbocycles. The number of aryl methyl sites for hydroxylation is 1. The van der Waals surface area contributed by atoms with Gasteiger partial charge in [0.2, 0.25) is 11.8 Å². The number of hydrogen-bond donors (Lipinski definition) is 0. The number of rotatable bonds is 3. The molecule has 6 fully saturated rings. The molecule has 6 aliphatic rings. The lowest BCUT2D eigenvalue weighted by Crippen LogP contribution is -2.59. The monoisotopic (exact) mass is 477 g/mol. The zero-order valence-corrected chi connectivity index (χ0v) is 21.1. The number of piperidine rings is 1. The molecule has 6 nitrogen and oxygen atoms in total. The molecule has 0 N–H and O–H groups in total. The summed E-state index contributed by atoms with van der Waals surface area (Å²) in [6.07, 6.45) is 9.04. The first-order chi connectivity index (χ1) is 16.9. The van der Waals surface area contributed by atoms with Crippen molar-refractivity contribution in [1.82, 2.24) is 14.7 Å². The van der Waals surface area contributed by atoms with Crippen molar-refractivity contribution in [3.05, 3.63) is 35.4 Å². The van der Waals surface area contributed by atoms with Crippen LogP contribution in [-0.4, -0.2) is 71.7 Å². The van der Waals surface area contributed by atoms with Gasteiger partial charge in [0.25, 0.3) is 5.91 Å². The summed E-state index contributed by atoms with van der Waals surface area (Å²) in [5, 5.41) is 0. The third-order valence-electron chi connectivity index (χ3n) is 9.73. The van der Waals surface area contributed by atoms with Crippen LogP contribution in [0.2, 0.25) is 0 Å². The highest BCUT2D eigenvalue weighted by atomic mass is 16.2. The number of benzene rings is 1. The Bertz CT molecular complexity index is 960. The molecule has 188 valence electrons. The van der Waals surface area contributed by atoms with Crippen LogP contribution in [0.15, 0.2) is 24.3 Å². The van der Waals surface area contributed by atoms with Crippen LogP contribution in [0.5, 0.6) is 0 Å². The Morgan fingerprint density at radius 2 is 1.34 bits per heavy atom. The van der Waals surface area contributed by atoms with E-state index in [2.05, 4.69) is 4.90 Å². The summed E-state index contributed by atoms with van der Waals surface area (Å²) >= 11 is 0. The minimum absolute atomic E-state index is 0.0217. The number of amides is 3. The maximum Gasteiger partial charge on any atom is 0.253 e. The van der Waals surface area contributed by atoms with Gasteiger partial charge in [-0.05, 0) is 88.2 Å². The van der Waals surface area contributed by atoms with E-state index >= 15 is 0 Å². The number of likely N-dealkylation sites (tertiary alicyclic amines) is 1. The molecule has 2 heterocycles. The third-order valence-corrected chi connectivity index (χ3v) is 9.73. The summed E-state index contributed by atoms with van der Waals surface area (Å²) < 4.78 is 0. The molecule has 3 amide bonds. The van der Waals surface area contributed by atoms with Crippen LogP contribution in [0.1, 0.15) is 67.3 Å². The van der Waals surface area contributed by atoms with Crippen molar-refractivity contribution in [1.29, 1.82) is 0 Å². The Hall–Kier alpha value is -2.37. The van der Waals surface area contributed by atoms with Gasteiger partial charge in [0.1, 0.15) is 0 Å². The standard InChI is InChI=1S/C29H39N3O3/c1-20-4-6-24(7-5-20)26(33)32-8-2-3-25(19-32)27(34)30-9-11-31(12-10-30)28(35)29-16-21-13-22(17-29)15-23(14-21)18-29/h4-7,21-23,25H,2-3,8-19H2,1H3. The molecular weight excluding hydrogens is 438 g/mol. The van der Waals surface area contributed by atoms with Crippen molar-refractivity contribution in [2.75, 3.05) is 39.3 Å². The minimum atomic E-state index is -0.136. The molecule has 1 unspecified atom stereocenters. The van der Waals surface area contributed by atoms with Crippen LogP contribution in [0.3, 0.4) is 0 Å². The molecule has 6 heteroatoms. The first kappa shape index (κ1) is 23.1. The first-order valence-electron chi connectivity index (χ1n) is 13.8. The maximum absolute atomic E-state index is 13.7. The maximum atomic E-state index is 13.7. The van der Waals surface area contributed by atoms with Crippen molar-refractivity contribution in [2.24, 2.45) is 29.1 Å². The fraction of sp³-hybridized carbons (Fsp3) is 0.690. The number of carbonyl (C=O) groups excluding carboxylic acids is 3. The number of nitrogens with zero attached hydrogens (tertiary/aromatic N) is 3. The van der Waals surface area contributed by atoms with Gasteiger partial charge in [-0.1, -0.05) is 17.7 Å². The van der Waals surface area contributed by atoms with Gasteiger partial charge in [-0.3, -0.25) is 14.4 Å². The van der Waals surface area contributed by atoms with Gasteiger partial charge >= 0.3 is 0 Å². The fourth-order valence-electron chi connectivity index (χ4n) is 8.34. The van der Waals surface area contributed by atoms with E-state index in [-0.39, 0.29) is 23.1 Å². The van der Waals surface area contributed by atoms with Gasteiger partial charge in [-0.15, -0.1) is 0 Å². The molecule has 0 spiro atoms. The van der Waals surface area contributed by atoms with E-state index in [1.807, 2.05) is 41.0 Å². The van der Waals surface area contributed by atoms with E-state index in [9.17, 15) is 14.4 Å². The molecule has 35 heavy (non-hydrogen) atoms. The second-order valence-electron chi connectivity index (χ2n) is 12.3. The Kier molecular flexibility index (Phi) is 5.89. The second-order valence-corrected chi connectivity index (χ2v) is 12.3. The molecular formula is C29H39N3O3. The lowest BCUT2D eigenvalue weighted by molar-refractivity contribution is -0.161. The average molecular weight is 478 g/mol. The molecule has 2 saturated heterocycles. The van der Waals surface area contributed by atoms with E-state index in [0.717, 1.165) is 55.4 Å². The first-order valence-corrected chi connectivity index (χ1v) is 13.8. The normalized spacial score (nSPS) is 34.3. The molecule has 7 rings (SSSR count). The van der Waals surface area contributed by atoms with Gasteiger partial charge in [0.05, 0.1) is 11.3 Å². The molecule has 4 bridgehead atoms. The lowest BCUT2D eigenvalue weighted by atomic mass is 9.49. The van der Waals surface area contributed by atoms with Crippen LogP contribution in [-0.2, 0) is 9.59 Å². The Morgan fingerprint density at radius 1 is 0.771 bits per heavy atom. The number of carbonyl (C=O) groups is 3. The highest BCUT2D eigenvalue weighted by Crippen LogP contribution is 2.60. The molecule has 0 aromatic heterocycles. The highest BCUT2D eigenvalue weighted by Gasteiger charge is 2.55. The summed E-state index contributed by atoms with van der Waals surface area (Å²) in [5.74, 6) is 2.74. The van der Waals surface area contributed by atoms with Gasteiger partial charge in [0, 0.05) is 44.8 Å². The largest absolute Gasteiger partial charge is 0.339 e. The molecule has 1 aromatic rings. The van der Waals surface area contributed by atoms with Crippen LogP contribution >= 0.6 is 0 Å². The summed E-state index contributed by atoms with van der Waals surface area (Å²) in [5.41, 5.74) is 1.73. The summed E-state index contributed by atoms with van der Waals surface area (Å²) in [6, 6.07) is 7.68. The summed E-state index contributed by atoms with van der Waals surface area (Å²) in [4.78, 5) is 45.9. The quantitative estimate of drug-likeness (QED) is 0.667. The summed E-state index contributed by atoms with van der Waals surface area (Å²) in [6.45, 7) is 5.79. The zero-order chi connectivity index (χ0) is 24.2. The van der Waals surface area contributed by atoms with Crippen molar-refractivity contribution in [2.45, 2.75) is 58.3 Å². The van der Waals surface area contributed by atoms with Crippen molar-refractivity contribution in [3.8, 4) is 0 Å². The molecule has 2 aliphatic heterocycles. The Balaban J connectivity index is 1.05. The fourth-order valence-corrected chi connectivity index (χ4v) is 8.34. The number of piperazine rings is 1.